The van der Waals surface area contributed by atoms with Crippen molar-refractivity contribution >= 4 is 0 Å². The first-order valence-electron chi connectivity index (χ1n) is 10.3. The van der Waals surface area contributed by atoms with Gasteiger partial charge >= 0.3 is 6.11 Å². The molecule has 0 heterocycles. The molecule has 0 amide bonds. The zero-order valence-corrected chi connectivity index (χ0v) is 16.6. The molecule has 8 heteroatoms. The predicted molar refractivity (Wildman–Crippen MR) is 97.0 cm³/mol. The monoisotopic (exact) mass is 434 g/mol. The number of alkyl halides is 2. The lowest BCUT2D eigenvalue weighted by Crippen LogP contribution is -2.53. The third-order valence-electron chi connectivity index (χ3n) is 7.48. The highest BCUT2D eigenvalue weighted by Gasteiger charge is 2.62. The standard InChI is InChI=1S/C22H24F6O2/c1-12-2-4-13(5-3-12)20-8-10-21(11-9-20,19(26)18(20)25)30-22(27,28)14-6-7-15(29)17(24)16(14)23/h6-7,12-13,29H,2-5,8-11H2,1H3. The largest absolute Gasteiger partial charge is 0.505 e. The maximum Gasteiger partial charge on any atom is 0.387 e. The van der Waals surface area contributed by atoms with Crippen LogP contribution in [0.15, 0.2) is 23.8 Å². The SMILES string of the molecule is CC1CCC(C23CCC(OC(F)(F)c4ccc(O)c(F)c4F)(CC2)C(F)=C3F)CC1. The lowest BCUT2D eigenvalue weighted by Gasteiger charge is -2.54. The molecule has 1 aromatic rings. The Balaban J connectivity index is 1.64. The van der Waals surface area contributed by atoms with E-state index < -0.39 is 51.7 Å². The minimum atomic E-state index is -4.41. The fourth-order valence-corrected chi connectivity index (χ4v) is 5.57. The minimum absolute atomic E-state index is 0.0399. The van der Waals surface area contributed by atoms with Gasteiger partial charge in [0.25, 0.3) is 0 Å². The Labute approximate surface area is 170 Å². The van der Waals surface area contributed by atoms with Crippen molar-refractivity contribution in [2.75, 3.05) is 0 Å². The Hall–Kier alpha value is -1.70. The van der Waals surface area contributed by atoms with Crippen LogP contribution in [-0.2, 0) is 10.8 Å². The summed E-state index contributed by atoms with van der Waals surface area (Å²) in [6.45, 7) is 2.12. The number of phenolic OH excluding ortho intramolecular Hbond substituents is 1. The summed E-state index contributed by atoms with van der Waals surface area (Å²) in [6.07, 6.45) is -0.991. The van der Waals surface area contributed by atoms with Crippen LogP contribution in [0.3, 0.4) is 0 Å². The molecule has 0 unspecified atom stereocenters. The van der Waals surface area contributed by atoms with Crippen LogP contribution in [0, 0.1) is 28.9 Å². The van der Waals surface area contributed by atoms with Gasteiger partial charge in [0.15, 0.2) is 17.4 Å². The molecule has 0 aromatic heterocycles. The molecule has 4 aliphatic rings. The Morgan fingerprint density at radius 2 is 1.50 bits per heavy atom. The fraction of sp³-hybridized carbons (Fsp3) is 0.636. The van der Waals surface area contributed by atoms with Crippen LogP contribution >= 0.6 is 0 Å². The first-order valence-corrected chi connectivity index (χ1v) is 10.3. The van der Waals surface area contributed by atoms with E-state index in [0.717, 1.165) is 25.7 Å². The molecule has 166 valence electrons. The van der Waals surface area contributed by atoms with Gasteiger partial charge in [-0.15, -0.1) is 0 Å². The number of rotatable bonds is 4. The number of allylic oxidation sites excluding steroid dienone is 1. The molecular weight excluding hydrogens is 410 g/mol. The Morgan fingerprint density at radius 1 is 0.900 bits per heavy atom. The minimum Gasteiger partial charge on any atom is -0.505 e. The molecule has 0 aliphatic heterocycles. The average Bonchev–Trinajstić information content (AvgIpc) is 2.71. The average molecular weight is 434 g/mol. The third kappa shape index (κ3) is 3.13. The van der Waals surface area contributed by atoms with Crippen LogP contribution in [-0.4, -0.2) is 10.7 Å². The van der Waals surface area contributed by atoms with E-state index in [9.17, 15) is 17.6 Å². The molecule has 4 aliphatic carbocycles. The highest BCUT2D eigenvalue weighted by atomic mass is 19.3. The molecular formula is C22H24F6O2. The lowest BCUT2D eigenvalue weighted by molar-refractivity contribution is -0.315. The van der Waals surface area contributed by atoms with E-state index in [1.807, 2.05) is 0 Å². The summed E-state index contributed by atoms with van der Waals surface area (Å²) in [6, 6.07) is 1.04. The van der Waals surface area contributed by atoms with Crippen molar-refractivity contribution in [2.45, 2.75) is 70.0 Å². The Kier molecular flexibility index (Phi) is 5.15. The van der Waals surface area contributed by atoms with Gasteiger partial charge in [-0.2, -0.15) is 13.2 Å². The molecule has 2 nitrogen and oxygen atoms in total. The summed E-state index contributed by atoms with van der Waals surface area (Å²) in [4.78, 5) is 0. The molecule has 5 rings (SSSR count). The number of ether oxygens (including phenoxy) is 1. The molecule has 0 radical (unpaired) electrons. The van der Waals surface area contributed by atoms with E-state index in [1.165, 1.54) is 0 Å². The second-order valence-electron chi connectivity index (χ2n) is 9.11. The van der Waals surface area contributed by atoms with Crippen molar-refractivity contribution in [1.29, 1.82) is 0 Å². The number of phenols is 1. The molecule has 2 fully saturated rings. The van der Waals surface area contributed by atoms with Gasteiger partial charge in [-0.1, -0.05) is 19.8 Å². The zero-order chi connectivity index (χ0) is 21.9. The van der Waals surface area contributed by atoms with Crippen LogP contribution in [0.1, 0.15) is 63.9 Å². The van der Waals surface area contributed by atoms with Crippen molar-refractivity contribution in [3.63, 3.8) is 0 Å². The van der Waals surface area contributed by atoms with E-state index in [0.29, 0.717) is 18.1 Å². The predicted octanol–water partition coefficient (Wildman–Crippen LogP) is 7.03. The van der Waals surface area contributed by atoms with Crippen LogP contribution in [0.2, 0.25) is 0 Å². The number of benzene rings is 1. The van der Waals surface area contributed by atoms with Gasteiger partial charge in [0.05, 0.1) is 5.56 Å². The first kappa shape index (κ1) is 21.5. The fourth-order valence-electron chi connectivity index (χ4n) is 5.57. The van der Waals surface area contributed by atoms with Crippen molar-refractivity contribution in [2.24, 2.45) is 17.3 Å². The van der Waals surface area contributed by atoms with E-state index in [-0.39, 0.29) is 31.6 Å². The quantitative estimate of drug-likeness (QED) is 0.516. The van der Waals surface area contributed by atoms with Gasteiger partial charge in [0, 0.05) is 5.41 Å². The Bertz CT molecular complexity index is 865. The van der Waals surface area contributed by atoms with E-state index in [2.05, 4.69) is 6.92 Å². The van der Waals surface area contributed by atoms with Crippen molar-refractivity contribution < 1.29 is 36.2 Å². The van der Waals surface area contributed by atoms with E-state index in [1.54, 1.807) is 0 Å². The highest BCUT2D eigenvalue weighted by Crippen LogP contribution is 2.64. The van der Waals surface area contributed by atoms with Crippen molar-refractivity contribution in [3.8, 4) is 5.75 Å². The molecule has 0 saturated heterocycles. The van der Waals surface area contributed by atoms with Gasteiger partial charge in [-0.05, 0) is 62.5 Å². The van der Waals surface area contributed by atoms with Crippen LogP contribution < -0.4 is 0 Å². The molecule has 0 atom stereocenters. The number of aromatic hydroxyl groups is 1. The summed E-state index contributed by atoms with van der Waals surface area (Å²) < 4.78 is 92.1. The maximum absolute atomic E-state index is 15.2. The van der Waals surface area contributed by atoms with Crippen LogP contribution in [0.5, 0.6) is 5.75 Å². The second kappa shape index (κ2) is 7.18. The van der Waals surface area contributed by atoms with Gasteiger partial charge in [-0.25, -0.2) is 13.2 Å². The van der Waals surface area contributed by atoms with Gasteiger partial charge in [0.1, 0.15) is 11.4 Å². The number of hydrogen-bond acceptors (Lipinski definition) is 2. The number of halogens is 6. The summed E-state index contributed by atoms with van der Waals surface area (Å²) in [7, 11) is 0. The smallest absolute Gasteiger partial charge is 0.387 e. The van der Waals surface area contributed by atoms with Gasteiger partial charge in [0.2, 0.25) is 5.82 Å². The molecule has 30 heavy (non-hydrogen) atoms. The third-order valence-corrected chi connectivity index (χ3v) is 7.48. The molecule has 0 spiro atoms. The van der Waals surface area contributed by atoms with Crippen molar-refractivity contribution in [1.82, 2.24) is 0 Å². The number of fused-ring (bicyclic) bond motifs is 2. The van der Waals surface area contributed by atoms with Gasteiger partial charge in [-0.3, -0.25) is 0 Å². The van der Waals surface area contributed by atoms with Crippen LogP contribution in [0.4, 0.5) is 26.3 Å². The highest BCUT2D eigenvalue weighted by molar-refractivity contribution is 5.33. The summed E-state index contributed by atoms with van der Waals surface area (Å²) in [5.74, 6) is -6.85. The zero-order valence-electron chi connectivity index (χ0n) is 16.6. The molecule has 1 N–H and O–H groups in total. The molecule has 2 bridgehead atoms. The summed E-state index contributed by atoms with van der Waals surface area (Å²) >= 11 is 0. The topological polar surface area (TPSA) is 29.5 Å². The van der Waals surface area contributed by atoms with E-state index in [4.69, 9.17) is 9.84 Å². The molecule has 1 aromatic carbocycles. The maximum atomic E-state index is 15.2. The second-order valence-corrected chi connectivity index (χ2v) is 9.11. The lowest BCUT2D eigenvalue weighted by atomic mass is 9.54. The Morgan fingerprint density at radius 3 is 2.10 bits per heavy atom. The molecule has 2 saturated carbocycles. The summed E-state index contributed by atoms with van der Waals surface area (Å²) in [5.41, 5.74) is -4.66. The van der Waals surface area contributed by atoms with Crippen molar-refractivity contribution in [3.05, 3.63) is 41.0 Å². The normalized spacial score (nSPS) is 34.5. The number of hydrogen-bond donors (Lipinski definition) is 1. The van der Waals surface area contributed by atoms with E-state index >= 15 is 8.78 Å². The summed E-state index contributed by atoms with van der Waals surface area (Å²) in [5, 5.41) is 9.14. The first-order chi connectivity index (χ1) is 14.0. The van der Waals surface area contributed by atoms with Crippen LogP contribution in [0.25, 0.3) is 0 Å². The van der Waals surface area contributed by atoms with Gasteiger partial charge < -0.3 is 9.84 Å².